The Morgan fingerprint density at radius 1 is 1.10 bits per heavy atom. The third kappa shape index (κ3) is 4.22. The van der Waals surface area contributed by atoms with Crippen LogP contribution in [-0.2, 0) is 6.18 Å². The lowest BCUT2D eigenvalue weighted by Crippen LogP contribution is -2.36. The Morgan fingerprint density at radius 2 is 1.79 bits per heavy atom. The minimum absolute atomic E-state index is 0.0285. The average molecular weight is 423 g/mol. The second kappa shape index (κ2) is 7.67. The molecule has 1 fully saturated rings. The minimum atomic E-state index is -4.66. The first-order valence-corrected chi connectivity index (χ1v) is 9.74. The topological polar surface area (TPSA) is 59.3 Å². The van der Waals surface area contributed by atoms with Crippen molar-refractivity contribution < 1.29 is 18.0 Å². The molecular formula is C20H18ClF3N4O. The maximum Gasteiger partial charge on any atom is 0.433 e. The van der Waals surface area contributed by atoms with Crippen LogP contribution in [0.15, 0.2) is 36.4 Å². The molecule has 0 bridgehead atoms. The van der Waals surface area contributed by atoms with E-state index < -0.39 is 17.8 Å². The predicted molar refractivity (Wildman–Crippen MR) is 103 cm³/mol. The van der Waals surface area contributed by atoms with Crippen molar-refractivity contribution in [2.45, 2.75) is 44.3 Å². The van der Waals surface area contributed by atoms with Gasteiger partial charge in [-0.25, -0.2) is 9.50 Å². The summed E-state index contributed by atoms with van der Waals surface area (Å²) in [7, 11) is 0. The molecule has 1 aliphatic carbocycles. The summed E-state index contributed by atoms with van der Waals surface area (Å²) in [6.07, 6.45) is 0.261. The van der Waals surface area contributed by atoms with Crippen molar-refractivity contribution in [3.05, 3.63) is 52.8 Å². The van der Waals surface area contributed by atoms with Crippen LogP contribution in [0.25, 0.3) is 16.9 Å². The van der Waals surface area contributed by atoms with Gasteiger partial charge in [0.05, 0.1) is 5.69 Å². The predicted octanol–water partition coefficient (Wildman–Crippen LogP) is 5.13. The fourth-order valence-electron chi connectivity index (χ4n) is 3.56. The molecule has 152 valence electrons. The molecule has 0 atom stereocenters. The van der Waals surface area contributed by atoms with Gasteiger partial charge in [-0.1, -0.05) is 43.0 Å². The maximum atomic E-state index is 13.7. The van der Waals surface area contributed by atoms with Crippen LogP contribution in [0.4, 0.5) is 13.2 Å². The number of carbonyl (C=O) groups is 1. The molecule has 4 rings (SSSR count). The van der Waals surface area contributed by atoms with Crippen molar-refractivity contribution >= 4 is 23.2 Å². The highest BCUT2D eigenvalue weighted by molar-refractivity contribution is 6.30. The zero-order valence-electron chi connectivity index (χ0n) is 15.3. The van der Waals surface area contributed by atoms with Crippen LogP contribution >= 0.6 is 11.6 Å². The molecule has 1 amide bonds. The molecule has 29 heavy (non-hydrogen) atoms. The molecule has 0 radical (unpaired) electrons. The smallest absolute Gasteiger partial charge is 0.348 e. The Morgan fingerprint density at radius 3 is 2.45 bits per heavy atom. The molecule has 3 aromatic rings. The summed E-state index contributed by atoms with van der Waals surface area (Å²) in [6, 6.07) is 8.58. The van der Waals surface area contributed by atoms with Crippen molar-refractivity contribution in [3.63, 3.8) is 0 Å². The van der Waals surface area contributed by atoms with E-state index in [1.807, 2.05) is 0 Å². The molecule has 1 aromatic carbocycles. The first kappa shape index (κ1) is 19.7. The highest BCUT2D eigenvalue weighted by atomic mass is 35.5. The molecule has 2 heterocycles. The summed E-state index contributed by atoms with van der Waals surface area (Å²) in [5.41, 5.74) is -0.512. The number of halogens is 4. The van der Waals surface area contributed by atoms with Gasteiger partial charge in [0.15, 0.2) is 17.0 Å². The van der Waals surface area contributed by atoms with Crippen LogP contribution in [0.3, 0.4) is 0 Å². The fourth-order valence-corrected chi connectivity index (χ4v) is 3.69. The van der Waals surface area contributed by atoms with Crippen LogP contribution in [0, 0.1) is 0 Å². The molecule has 0 aliphatic heterocycles. The van der Waals surface area contributed by atoms with Gasteiger partial charge in [0, 0.05) is 22.7 Å². The Hall–Kier alpha value is -2.61. The third-order valence-corrected chi connectivity index (χ3v) is 5.28. The van der Waals surface area contributed by atoms with Crippen LogP contribution < -0.4 is 5.32 Å². The minimum Gasteiger partial charge on any atom is -0.348 e. The van der Waals surface area contributed by atoms with Crippen molar-refractivity contribution in [3.8, 4) is 11.3 Å². The first-order chi connectivity index (χ1) is 13.8. The van der Waals surface area contributed by atoms with E-state index in [0.29, 0.717) is 15.1 Å². The third-order valence-electron chi connectivity index (χ3n) is 5.03. The largest absolute Gasteiger partial charge is 0.433 e. The Balaban J connectivity index is 1.73. The summed E-state index contributed by atoms with van der Waals surface area (Å²) >= 11 is 5.86. The number of amides is 1. The SMILES string of the molecule is O=C(NC1CCCCC1)c1cc2nc(-c3ccc(Cl)cc3)cc(C(F)(F)F)n2n1. The van der Waals surface area contributed by atoms with Crippen molar-refractivity contribution in [1.29, 1.82) is 0 Å². The number of hydrogen-bond acceptors (Lipinski definition) is 3. The Kier molecular flexibility index (Phi) is 5.21. The number of hydrogen-bond donors (Lipinski definition) is 1. The number of fused-ring (bicyclic) bond motifs is 1. The summed E-state index contributed by atoms with van der Waals surface area (Å²) in [5, 5.41) is 7.23. The molecule has 1 N–H and O–H groups in total. The van der Waals surface area contributed by atoms with Gasteiger partial charge in [0.2, 0.25) is 0 Å². The van der Waals surface area contributed by atoms with Gasteiger partial charge in [-0.3, -0.25) is 4.79 Å². The Bertz CT molecular complexity index is 1040. The Labute approximate surface area is 169 Å². The van der Waals surface area contributed by atoms with Gasteiger partial charge >= 0.3 is 6.18 Å². The van der Waals surface area contributed by atoms with Crippen LogP contribution in [0.5, 0.6) is 0 Å². The summed E-state index contributed by atoms with van der Waals surface area (Å²) in [4.78, 5) is 16.8. The van der Waals surface area contributed by atoms with E-state index in [1.165, 1.54) is 6.07 Å². The summed E-state index contributed by atoms with van der Waals surface area (Å²) in [6.45, 7) is 0. The van der Waals surface area contributed by atoms with Gasteiger partial charge in [-0.05, 0) is 31.0 Å². The van der Waals surface area contributed by atoms with E-state index in [0.717, 1.165) is 38.2 Å². The number of carbonyl (C=O) groups excluding carboxylic acids is 1. The van der Waals surface area contributed by atoms with E-state index >= 15 is 0 Å². The second-order valence-corrected chi connectivity index (χ2v) is 7.58. The molecule has 5 nitrogen and oxygen atoms in total. The molecule has 9 heteroatoms. The van der Waals surface area contributed by atoms with E-state index in [9.17, 15) is 18.0 Å². The van der Waals surface area contributed by atoms with E-state index in [2.05, 4.69) is 15.4 Å². The molecule has 1 saturated carbocycles. The van der Waals surface area contributed by atoms with Gasteiger partial charge < -0.3 is 5.32 Å². The molecule has 0 saturated heterocycles. The number of benzene rings is 1. The molecule has 0 unspecified atom stereocenters. The zero-order chi connectivity index (χ0) is 20.6. The van der Waals surface area contributed by atoms with Crippen molar-refractivity contribution in [1.82, 2.24) is 19.9 Å². The lowest BCUT2D eigenvalue weighted by Gasteiger charge is -2.22. The quantitative estimate of drug-likeness (QED) is 0.636. The normalized spacial score (nSPS) is 15.6. The number of nitrogens with one attached hydrogen (secondary N) is 1. The molecule has 2 aromatic heterocycles. The lowest BCUT2D eigenvalue weighted by atomic mass is 9.95. The van der Waals surface area contributed by atoms with E-state index in [4.69, 9.17) is 11.6 Å². The summed E-state index contributed by atoms with van der Waals surface area (Å²) in [5.74, 6) is -0.483. The summed E-state index contributed by atoms with van der Waals surface area (Å²) < 4.78 is 41.6. The van der Waals surface area contributed by atoms with Gasteiger partial charge in [0.25, 0.3) is 5.91 Å². The fraction of sp³-hybridized carbons (Fsp3) is 0.350. The lowest BCUT2D eigenvalue weighted by molar-refractivity contribution is -0.142. The van der Waals surface area contributed by atoms with Crippen LogP contribution in [0.2, 0.25) is 5.02 Å². The monoisotopic (exact) mass is 422 g/mol. The van der Waals surface area contributed by atoms with Crippen LogP contribution in [0.1, 0.15) is 48.3 Å². The number of alkyl halides is 3. The second-order valence-electron chi connectivity index (χ2n) is 7.14. The van der Waals surface area contributed by atoms with Gasteiger partial charge in [-0.2, -0.15) is 18.3 Å². The molecule has 1 aliphatic rings. The van der Waals surface area contributed by atoms with E-state index in [1.54, 1.807) is 24.3 Å². The average Bonchev–Trinajstić information content (AvgIpc) is 3.12. The number of nitrogens with zero attached hydrogens (tertiary/aromatic N) is 3. The molecular weight excluding hydrogens is 405 g/mol. The highest BCUT2D eigenvalue weighted by Gasteiger charge is 2.35. The number of aromatic nitrogens is 3. The van der Waals surface area contributed by atoms with E-state index in [-0.39, 0.29) is 23.1 Å². The van der Waals surface area contributed by atoms with Crippen LogP contribution in [-0.4, -0.2) is 26.5 Å². The van der Waals surface area contributed by atoms with Crippen molar-refractivity contribution in [2.24, 2.45) is 0 Å². The number of rotatable bonds is 3. The van der Waals surface area contributed by atoms with Crippen molar-refractivity contribution in [2.75, 3.05) is 0 Å². The highest BCUT2D eigenvalue weighted by Crippen LogP contribution is 2.32. The van der Waals surface area contributed by atoms with Gasteiger partial charge in [-0.15, -0.1) is 0 Å². The van der Waals surface area contributed by atoms with Gasteiger partial charge in [0.1, 0.15) is 0 Å². The molecule has 0 spiro atoms. The maximum absolute atomic E-state index is 13.7. The standard InChI is InChI=1S/C20H18ClF3N4O/c21-13-8-6-12(7-9-13)15-10-17(20(22,23)24)28-18(26-15)11-16(27-28)19(29)25-14-4-2-1-3-5-14/h6-11,14H,1-5H2,(H,25,29). The zero-order valence-corrected chi connectivity index (χ0v) is 16.1. The first-order valence-electron chi connectivity index (χ1n) is 9.36.